The molecule has 2 aliphatic rings. The van der Waals surface area contributed by atoms with E-state index in [-0.39, 0.29) is 23.5 Å². The number of carbonyl (C=O) groups is 1. The first-order valence-electron chi connectivity index (χ1n) is 8.04. The first-order valence-corrected chi connectivity index (χ1v) is 8.04. The van der Waals surface area contributed by atoms with Crippen LogP contribution in [0.1, 0.15) is 63.1 Å². The van der Waals surface area contributed by atoms with Crippen molar-refractivity contribution < 1.29 is 9.53 Å². The highest BCUT2D eigenvalue weighted by atomic mass is 16.5. The quantitative estimate of drug-likeness (QED) is 0.895. The lowest BCUT2D eigenvalue weighted by molar-refractivity contribution is -0.126. The topological polar surface area (TPSA) is 38.3 Å². The minimum absolute atomic E-state index is 0.0671. The molecule has 0 radical (unpaired) electrons. The van der Waals surface area contributed by atoms with Crippen LogP contribution in [0.25, 0.3) is 0 Å². The molecule has 114 valence electrons. The molecule has 1 heterocycles. The van der Waals surface area contributed by atoms with Gasteiger partial charge < -0.3 is 10.1 Å². The van der Waals surface area contributed by atoms with Crippen molar-refractivity contribution in [1.82, 2.24) is 5.32 Å². The van der Waals surface area contributed by atoms with Crippen molar-refractivity contribution in [3.05, 3.63) is 29.3 Å². The molecule has 1 atom stereocenters. The molecule has 3 rings (SSSR count). The Bertz CT molecular complexity index is 544. The van der Waals surface area contributed by atoms with Crippen molar-refractivity contribution in [2.45, 2.75) is 64.5 Å². The highest BCUT2D eigenvalue weighted by molar-refractivity contribution is 5.79. The summed E-state index contributed by atoms with van der Waals surface area (Å²) in [5, 5.41) is 3.27. The average molecular weight is 287 g/mol. The third kappa shape index (κ3) is 3.07. The summed E-state index contributed by atoms with van der Waals surface area (Å²) in [6.07, 6.45) is 5.28. The van der Waals surface area contributed by atoms with Gasteiger partial charge in [-0.3, -0.25) is 4.79 Å². The first-order chi connectivity index (χ1) is 9.94. The Labute approximate surface area is 127 Å². The summed E-state index contributed by atoms with van der Waals surface area (Å²) in [5.41, 5.74) is 2.06. The van der Waals surface area contributed by atoms with Crippen LogP contribution in [0.5, 0.6) is 5.75 Å². The molecule has 1 aromatic carbocycles. The molecule has 3 nitrogen and oxygen atoms in total. The van der Waals surface area contributed by atoms with Crippen molar-refractivity contribution in [2.24, 2.45) is 5.92 Å². The molecule has 1 aliphatic heterocycles. The van der Waals surface area contributed by atoms with E-state index in [1.54, 1.807) is 0 Å². The van der Waals surface area contributed by atoms with Crippen LogP contribution in [-0.2, 0) is 4.79 Å². The normalized spacial score (nSPS) is 24.2. The molecule has 0 aromatic heterocycles. The minimum atomic E-state index is -0.242. The number of benzene rings is 1. The molecule has 0 unspecified atom stereocenters. The van der Waals surface area contributed by atoms with E-state index in [9.17, 15) is 4.79 Å². The Morgan fingerprint density at radius 1 is 1.29 bits per heavy atom. The van der Waals surface area contributed by atoms with Gasteiger partial charge in [0, 0.05) is 17.9 Å². The zero-order chi connectivity index (χ0) is 15.0. The lowest BCUT2D eigenvalue weighted by Gasteiger charge is -2.38. The second kappa shape index (κ2) is 5.36. The molecule has 21 heavy (non-hydrogen) atoms. The van der Waals surface area contributed by atoms with Gasteiger partial charge in [-0.15, -0.1) is 0 Å². The zero-order valence-electron chi connectivity index (χ0n) is 13.2. The summed E-state index contributed by atoms with van der Waals surface area (Å²) in [6, 6.07) is 6.33. The highest BCUT2D eigenvalue weighted by Gasteiger charge is 2.35. The van der Waals surface area contributed by atoms with Crippen LogP contribution >= 0.6 is 0 Å². The van der Waals surface area contributed by atoms with Gasteiger partial charge >= 0.3 is 0 Å². The van der Waals surface area contributed by atoms with Crippen molar-refractivity contribution in [3.8, 4) is 5.75 Å². The zero-order valence-corrected chi connectivity index (χ0v) is 13.2. The average Bonchev–Trinajstić information content (AvgIpc) is 2.90. The van der Waals surface area contributed by atoms with Crippen LogP contribution in [0.3, 0.4) is 0 Å². The molecule has 0 bridgehead atoms. The Morgan fingerprint density at radius 2 is 2.00 bits per heavy atom. The molecule has 1 aromatic rings. The summed E-state index contributed by atoms with van der Waals surface area (Å²) in [7, 11) is 0. The molecule has 1 aliphatic carbocycles. The van der Waals surface area contributed by atoms with E-state index in [1.807, 2.05) is 0 Å². The Morgan fingerprint density at radius 3 is 2.71 bits per heavy atom. The van der Waals surface area contributed by atoms with Gasteiger partial charge in [0.05, 0.1) is 6.04 Å². The van der Waals surface area contributed by atoms with E-state index >= 15 is 0 Å². The van der Waals surface area contributed by atoms with Gasteiger partial charge in [-0.2, -0.15) is 0 Å². The summed E-state index contributed by atoms with van der Waals surface area (Å²) >= 11 is 0. The van der Waals surface area contributed by atoms with E-state index < -0.39 is 0 Å². The number of nitrogens with one attached hydrogen (secondary N) is 1. The molecular formula is C18H25NO2. The summed E-state index contributed by atoms with van der Waals surface area (Å²) in [5.74, 6) is 1.36. The maximum Gasteiger partial charge on any atom is 0.223 e. The monoisotopic (exact) mass is 287 g/mol. The van der Waals surface area contributed by atoms with Gasteiger partial charge in [-0.25, -0.2) is 0 Å². The largest absolute Gasteiger partial charge is 0.487 e. The highest BCUT2D eigenvalue weighted by Crippen LogP contribution is 2.40. The predicted molar refractivity (Wildman–Crippen MR) is 83.3 cm³/mol. The molecular weight excluding hydrogens is 262 g/mol. The third-order valence-electron chi connectivity index (χ3n) is 4.67. The minimum Gasteiger partial charge on any atom is -0.487 e. The molecule has 0 saturated heterocycles. The van der Waals surface area contributed by atoms with E-state index in [4.69, 9.17) is 4.74 Å². The number of fused-ring (bicyclic) bond motifs is 1. The van der Waals surface area contributed by atoms with Crippen molar-refractivity contribution in [1.29, 1.82) is 0 Å². The lowest BCUT2D eigenvalue weighted by Crippen LogP contribution is -2.42. The Balaban J connectivity index is 1.83. The summed E-state index contributed by atoms with van der Waals surface area (Å²) in [6.45, 7) is 6.25. The van der Waals surface area contributed by atoms with Gasteiger partial charge in [-0.1, -0.05) is 25.0 Å². The Kier molecular flexibility index (Phi) is 3.68. The smallest absolute Gasteiger partial charge is 0.223 e. The number of hydrogen-bond acceptors (Lipinski definition) is 2. The molecule has 3 heteroatoms. The van der Waals surface area contributed by atoms with E-state index in [0.717, 1.165) is 30.6 Å². The van der Waals surface area contributed by atoms with Crippen LogP contribution in [0.15, 0.2) is 18.2 Å². The van der Waals surface area contributed by atoms with Gasteiger partial charge in [0.2, 0.25) is 5.91 Å². The molecule has 1 N–H and O–H groups in total. The molecule has 1 amide bonds. The number of amides is 1. The third-order valence-corrected chi connectivity index (χ3v) is 4.67. The summed E-state index contributed by atoms with van der Waals surface area (Å²) in [4.78, 5) is 12.4. The maximum atomic E-state index is 12.4. The second-order valence-corrected chi connectivity index (χ2v) is 7.15. The summed E-state index contributed by atoms with van der Waals surface area (Å²) < 4.78 is 6.09. The maximum absolute atomic E-state index is 12.4. The van der Waals surface area contributed by atoms with Gasteiger partial charge in [0.15, 0.2) is 0 Å². The van der Waals surface area contributed by atoms with Crippen LogP contribution in [0.2, 0.25) is 0 Å². The first kappa shape index (κ1) is 14.4. The number of rotatable bonds is 2. The number of aryl methyl sites for hydroxylation is 1. The molecule has 1 fully saturated rings. The Hall–Kier alpha value is -1.51. The van der Waals surface area contributed by atoms with E-state index in [2.05, 4.69) is 44.3 Å². The van der Waals surface area contributed by atoms with Crippen molar-refractivity contribution >= 4 is 5.91 Å². The van der Waals surface area contributed by atoms with Crippen LogP contribution in [0.4, 0.5) is 0 Å². The predicted octanol–water partition coefficient (Wildman–Crippen LogP) is 3.90. The van der Waals surface area contributed by atoms with Crippen LogP contribution in [0, 0.1) is 12.8 Å². The van der Waals surface area contributed by atoms with Crippen molar-refractivity contribution in [2.75, 3.05) is 0 Å². The van der Waals surface area contributed by atoms with Gasteiger partial charge in [0.25, 0.3) is 0 Å². The van der Waals surface area contributed by atoms with Gasteiger partial charge in [0.1, 0.15) is 11.4 Å². The van der Waals surface area contributed by atoms with Crippen LogP contribution in [-0.4, -0.2) is 11.5 Å². The number of ether oxygens (including phenoxy) is 1. The number of carbonyl (C=O) groups excluding carboxylic acids is 1. The lowest BCUT2D eigenvalue weighted by atomic mass is 9.88. The second-order valence-electron chi connectivity index (χ2n) is 7.15. The van der Waals surface area contributed by atoms with E-state index in [0.29, 0.717) is 0 Å². The molecule has 0 spiro atoms. The van der Waals surface area contributed by atoms with Crippen LogP contribution < -0.4 is 10.1 Å². The fourth-order valence-corrected chi connectivity index (χ4v) is 3.57. The SMILES string of the molecule is Cc1ccc2c(c1)OC(C)(C)C[C@H]2NC(=O)C1CCCC1. The fraction of sp³-hybridized carbons (Fsp3) is 0.611. The van der Waals surface area contributed by atoms with E-state index in [1.165, 1.54) is 18.4 Å². The standard InChI is InChI=1S/C18H25NO2/c1-12-8-9-14-15(11-18(2,3)21-16(14)10-12)19-17(20)13-6-4-5-7-13/h8-10,13,15H,4-7,11H2,1-3H3,(H,19,20)/t15-/m1/s1. The van der Waals surface area contributed by atoms with Crippen molar-refractivity contribution in [3.63, 3.8) is 0 Å². The molecule has 1 saturated carbocycles. The fourth-order valence-electron chi connectivity index (χ4n) is 3.57. The number of hydrogen-bond donors (Lipinski definition) is 1. The van der Waals surface area contributed by atoms with Gasteiger partial charge in [-0.05, 0) is 45.2 Å².